The number of anilines is 1. The highest BCUT2D eigenvalue weighted by Gasteiger charge is 2.34. The van der Waals surface area contributed by atoms with E-state index < -0.39 is 29.7 Å². The molecule has 1 aliphatic rings. The van der Waals surface area contributed by atoms with Crippen LogP contribution in [0.5, 0.6) is 0 Å². The Balaban J connectivity index is 0.000000137. The molecule has 8 N–H and O–H groups in total. The third-order valence-corrected chi connectivity index (χ3v) is 5.32. The van der Waals surface area contributed by atoms with E-state index in [0.717, 1.165) is 0 Å². The molecule has 37 heavy (non-hydrogen) atoms. The van der Waals surface area contributed by atoms with Gasteiger partial charge in [-0.1, -0.05) is 0 Å². The van der Waals surface area contributed by atoms with Crippen molar-refractivity contribution in [1.29, 1.82) is 0 Å². The normalized spacial score (nSPS) is 18.7. The Morgan fingerprint density at radius 1 is 1.00 bits per heavy atom. The van der Waals surface area contributed by atoms with Gasteiger partial charge < -0.3 is 35.6 Å². The second kappa shape index (κ2) is 10.9. The second-order valence-electron chi connectivity index (χ2n) is 7.79. The molecule has 0 aromatic carbocycles. The van der Waals surface area contributed by atoms with E-state index in [2.05, 4.69) is 44.9 Å². The fraction of sp³-hybridized carbons (Fsp3) is 0.300. The van der Waals surface area contributed by atoms with Crippen molar-refractivity contribution in [3.8, 4) is 0 Å². The average molecular weight is 513 g/mol. The van der Waals surface area contributed by atoms with Crippen molar-refractivity contribution in [3.63, 3.8) is 0 Å². The first-order valence-corrected chi connectivity index (χ1v) is 10.8. The van der Waals surface area contributed by atoms with Gasteiger partial charge in [-0.15, -0.1) is 0 Å². The average Bonchev–Trinajstić information content (AvgIpc) is 3.63. The summed E-state index contributed by atoms with van der Waals surface area (Å²) in [6.07, 6.45) is 5.11. The van der Waals surface area contributed by atoms with Crippen molar-refractivity contribution in [2.45, 2.75) is 31.8 Å². The largest absolute Gasteiger partial charge is 0.394 e. The molecule has 6 heterocycles. The standard InChI is InChI=1S/C10H14N2O5.C5H5N5.C5H4N4O/c1-5-3-12(10(16)11-9(5)15)8-2-6(14)7(4-13)17-8;6-4-3-5(9-1-7-3)10-2-8-4;10-5-3-4(7-1-6-3)8-2-9-5/h3,6-8,13-14H,2,4H2,1H3,(H,11,15,16);1-2H,(H3,6,7,8,9,10);1-2H,(H2,6,7,8,9,10)/t6-,7+,8+;;/m0../s1. The van der Waals surface area contributed by atoms with E-state index in [-0.39, 0.29) is 18.6 Å². The fourth-order valence-corrected chi connectivity index (χ4v) is 3.41. The van der Waals surface area contributed by atoms with Crippen LogP contribution < -0.4 is 22.5 Å². The van der Waals surface area contributed by atoms with Gasteiger partial charge in [0.1, 0.15) is 24.2 Å². The predicted molar refractivity (Wildman–Crippen MR) is 128 cm³/mol. The maximum absolute atomic E-state index is 11.6. The van der Waals surface area contributed by atoms with Gasteiger partial charge in [-0.2, -0.15) is 0 Å². The van der Waals surface area contributed by atoms with Crippen LogP contribution >= 0.6 is 0 Å². The van der Waals surface area contributed by atoms with Gasteiger partial charge in [0.2, 0.25) is 0 Å². The zero-order chi connectivity index (χ0) is 26.5. The molecule has 1 saturated heterocycles. The Labute approximate surface area is 205 Å². The molecule has 0 saturated carbocycles. The molecule has 0 unspecified atom stereocenters. The number of imidazole rings is 2. The number of hydrogen-bond donors (Lipinski definition) is 7. The van der Waals surface area contributed by atoms with Gasteiger partial charge >= 0.3 is 5.69 Å². The van der Waals surface area contributed by atoms with Crippen LogP contribution in [-0.2, 0) is 4.74 Å². The molecule has 6 rings (SSSR count). The smallest absolute Gasteiger partial charge is 0.330 e. The van der Waals surface area contributed by atoms with Gasteiger partial charge in [0.05, 0.1) is 31.7 Å². The van der Waals surface area contributed by atoms with E-state index in [1.165, 1.54) is 36.1 Å². The van der Waals surface area contributed by atoms with E-state index >= 15 is 0 Å². The number of aryl methyl sites for hydroxylation is 1. The van der Waals surface area contributed by atoms with Crippen molar-refractivity contribution in [3.05, 3.63) is 68.3 Å². The molecule has 1 aliphatic heterocycles. The van der Waals surface area contributed by atoms with Crippen molar-refractivity contribution < 1.29 is 14.9 Å². The molecule has 17 heteroatoms. The lowest BCUT2D eigenvalue weighted by Crippen LogP contribution is -2.33. The molecule has 1 fully saturated rings. The van der Waals surface area contributed by atoms with Crippen LogP contribution in [0.25, 0.3) is 22.3 Å². The summed E-state index contributed by atoms with van der Waals surface area (Å²) in [6, 6.07) is 0. The van der Waals surface area contributed by atoms with Crippen molar-refractivity contribution in [2.75, 3.05) is 12.3 Å². The molecule has 0 amide bonds. The summed E-state index contributed by atoms with van der Waals surface area (Å²) in [5.74, 6) is 0.433. The third-order valence-electron chi connectivity index (χ3n) is 5.32. The number of rotatable bonds is 2. The molecule has 194 valence electrons. The highest BCUT2D eigenvalue weighted by atomic mass is 16.5. The number of nitrogens with one attached hydrogen (secondary N) is 4. The van der Waals surface area contributed by atoms with Crippen LogP contribution in [0.1, 0.15) is 18.2 Å². The second-order valence-corrected chi connectivity index (χ2v) is 7.79. The third kappa shape index (κ3) is 5.58. The van der Waals surface area contributed by atoms with Crippen LogP contribution in [-0.4, -0.2) is 78.5 Å². The SMILES string of the molecule is Cc1cn([C@H]2C[C@H](O)[C@@H](CO)O2)c(=O)[nH]c1=O.Nc1ncnc2nc[nH]c12.O=c1[nH]cnc2nc[nH]c12. The quantitative estimate of drug-likeness (QED) is 0.136. The van der Waals surface area contributed by atoms with Gasteiger partial charge in [-0.05, 0) is 6.92 Å². The molecule has 5 aromatic rings. The number of fused-ring (bicyclic) bond motifs is 2. The molecule has 0 radical (unpaired) electrons. The number of ether oxygens (including phenoxy) is 1. The van der Waals surface area contributed by atoms with E-state index in [9.17, 15) is 19.5 Å². The van der Waals surface area contributed by atoms with Gasteiger partial charge in [0, 0.05) is 18.2 Å². The maximum atomic E-state index is 11.6. The van der Waals surface area contributed by atoms with Crippen molar-refractivity contribution in [2.24, 2.45) is 0 Å². The molecule has 3 atom stereocenters. The Hall–Kier alpha value is -4.74. The number of aliphatic hydroxyl groups is 2. The fourth-order valence-electron chi connectivity index (χ4n) is 3.41. The monoisotopic (exact) mass is 513 g/mol. The van der Waals surface area contributed by atoms with Gasteiger partial charge in [0.15, 0.2) is 22.6 Å². The van der Waals surface area contributed by atoms with Crippen LogP contribution in [0, 0.1) is 6.92 Å². The first-order valence-electron chi connectivity index (χ1n) is 10.8. The lowest BCUT2D eigenvalue weighted by molar-refractivity contribution is -0.0459. The number of aromatic amines is 4. The molecule has 5 aromatic heterocycles. The first-order chi connectivity index (χ1) is 17.8. The Bertz CT molecular complexity index is 1670. The number of H-pyrrole nitrogens is 4. The van der Waals surface area contributed by atoms with Crippen LogP contribution in [0.4, 0.5) is 5.82 Å². The highest BCUT2D eigenvalue weighted by molar-refractivity contribution is 5.80. The summed E-state index contributed by atoms with van der Waals surface area (Å²) in [5.41, 5.74) is 6.81. The van der Waals surface area contributed by atoms with Gasteiger partial charge in [-0.3, -0.25) is 19.1 Å². The van der Waals surface area contributed by atoms with Crippen LogP contribution in [0.15, 0.2) is 45.9 Å². The molecular formula is C20H23N11O6. The molecular weight excluding hydrogens is 490 g/mol. The highest BCUT2D eigenvalue weighted by Crippen LogP contribution is 2.27. The molecule has 0 aliphatic carbocycles. The van der Waals surface area contributed by atoms with E-state index in [1.807, 2.05) is 0 Å². The summed E-state index contributed by atoms with van der Waals surface area (Å²) in [6.45, 7) is 1.26. The van der Waals surface area contributed by atoms with Gasteiger partial charge in [-0.25, -0.2) is 29.7 Å². The van der Waals surface area contributed by atoms with E-state index in [1.54, 1.807) is 6.92 Å². The van der Waals surface area contributed by atoms with E-state index in [4.69, 9.17) is 15.6 Å². The Morgan fingerprint density at radius 2 is 1.65 bits per heavy atom. The zero-order valence-electron chi connectivity index (χ0n) is 19.3. The Kier molecular flexibility index (Phi) is 7.47. The number of nitrogens with two attached hydrogens (primary N) is 1. The molecule has 17 nitrogen and oxygen atoms in total. The van der Waals surface area contributed by atoms with Gasteiger partial charge in [0.25, 0.3) is 11.1 Å². The summed E-state index contributed by atoms with van der Waals surface area (Å²) >= 11 is 0. The first kappa shape index (κ1) is 25.4. The van der Waals surface area contributed by atoms with Crippen molar-refractivity contribution >= 4 is 28.1 Å². The summed E-state index contributed by atoms with van der Waals surface area (Å²) in [4.78, 5) is 62.8. The minimum atomic E-state index is -0.816. The topological polar surface area (TPSA) is 259 Å². The minimum Gasteiger partial charge on any atom is -0.394 e. The minimum absolute atomic E-state index is 0.192. The lowest BCUT2D eigenvalue weighted by atomic mass is 10.2. The summed E-state index contributed by atoms with van der Waals surface area (Å²) in [5, 5.41) is 18.5. The maximum Gasteiger partial charge on any atom is 0.330 e. The summed E-state index contributed by atoms with van der Waals surface area (Å²) < 4.78 is 6.54. The number of nitrogens with zero attached hydrogens (tertiary/aromatic N) is 6. The van der Waals surface area contributed by atoms with E-state index in [0.29, 0.717) is 33.7 Å². The Morgan fingerprint density at radius 3 is 2.27 bits per heavy atom. The summed E-state index contributed by atoms with van der Waals surface area (Å²) in [7, 11) is 0. The van der Waals surface area contributed by atoms with Crippen molar-refractivity contribution in [1.82, 2.24) is 49.4 Å². The predicted octanol–water partition coefficient (Wildman–Crippen LogP) is -1.93. The number of aromatic nitrogens is 10. The molecule has 0 spiro atoms. The van der Waals surface area contributed by atoms with Crippen LogP contribution in [0.3, 0.4) is 0 Å². The number of nitrogen functional groups attached to an aromatic ring is 1. The lowest BCUT2D eigenvalue weighted by Gasteiger charge is -2.14. The van der Waals surface area contributed by atoms with Crippen LogP contribution in [0.2, 0.25) is 0 Å². The zero-order valence-corrected chi connectivity index (χ0v) is 19.3. The number of aliphatic hydroxyl groups excluding tert-OH is 2. The number of hydrogen-bond acceptors (Lipinski definition) is 12. The molecule has 0 bridgehead atoms.